The van der Waals surface area contributed by atoms with Gasteiger partial charge in [-0.2, -0.15) is 10.2 Å². The molecular formula is C10H20N2. The van der Waals surface area contributed by atoms with E-state index in [4.69, 9.17) is 0 Å². The summed E-state index contributed by atoms with van der Waals surface area (Å²) < 4.78 is 0. The standard InChI is InChI=1S/C10H20N2/c1-5-9(3)7-8-10(4,6-2)12-11-9/h5-8H2,1-4H3/t9-,10-/m1/s1. The van der Waals surface area contributed by atoms with Crippen LogP contribution in [-0.2, 0) is 0 Å². The Morgan fingerprint density at radius 2 is 1.25 bits per heavy atom. The van der Waals surface area contributed by atoms with Gasteiger partial charge in [-0.25, -0.2) is 0 Å². The first-order valence-corrected chi connectivity index (χ1v) is 4.98. The molecule has 1 aliphatic rings. The third kappa shape index (κ3) is 1.85. The lowest BCUT2D eigenvalue weighted by atomic mass is 9.83. The molecule has 0 fully saturated rings. The van der Waals surface area contributed by atoms with E-state index in [9.17, 15) is 0 Å². The summed E-state index contributed by atoms with van der Waals surface area (Å²) in [4.78, 5) is 0. The van der Waals surface area contributed by atoms with Crippen molar-refractivity contribution in [1.29, 1.82) is 0 Å². The molecule has 0 amide bonds. The van der Waals surface area contributed by atoms with Crippen molar-refractivity contribution in [2.75, 3.05) is 0 Å². The van der Waals surface area contributed by atoms with Gasteiger partial charge in [0.05, 0.1) is 11.1 Å². The third-order valence-corrected chi connectivity index (χ3v) is 3.26. The number of hydrogen-bond donors (Lipinski definition) is 0. The van der Waals surface area contributed by atoms with Crippen LogP contribution >= 0.6 is 0 Å². The summed E-state index contributed by atoms with van der Waals surface area (Å²) >= 11 is 0. The van der Waals surface area contributed by atoms with Crippen LogP contribution in [-0.4, -0.2) is 11.1 Å². The molecule has 2 heteroatoms. The maximum absolute atomic E-state index is 4.43. The second-order valence-electron chi connectivity index (χ2n) is 4.40. The Morgan fingerprint density at radius 3 is 1.42 bits per heavy atom. The third-order valence-electron chi connectivity index (χ3n) is 3.26. The van der Waals surface area contributed by atoms with Gasteiger partial charge >= 0.3 is 0 Å². The minimum atomic E-state index is 0.134. The number of nitrogens with zero attached hydrogens (tertiary/aromatic N) is 2. The molecule has 12 heavy (non-hydrogen) atoms. The Kier molecular flexibility index (Phi) is 2.55. The minimum absolute atomic E-state index is 0.134. The highest BCUT2D eigenvalue weighted by molar-refractivity contribution is 4.92. The molecular weight excluding hydrogens is 148 g/mol. The molecule has 0 N–H and O–H groups in total. The molecule has 0 unspecified atom stereocenters. The van der Waals surface area contributed by atoms with E-state index >= 15 is 0 Å². The molecule has 1 aliphatic heterocycles. The lowest BCUT2D eigenvalue weighted by Gasteiger charge is -2.34. The Hall–Kier alpha value is -0.400. The van der Waals surface area contributed by atoms with E-state index < -0.39 is 0 Å². The van der Waals surface area contributed by atoms with Crippen LogP contribution in [0.4, 0.5) is 0 Å². The van der Waals surface area contributed by atoms with Crippen molar-refractivity contribution >= 4 is 0 Å². The molecule has 1 heterocycles. The summed E-state index contributed by atoms with van der Waals surface area (Å²) in [6.07, 6.45) is 4.60. The molecule has 70 valence electrons. The number of azo groups is 1. The fourth-order valence-corrected chi connectivity index (χ4v) is 1.37. The van der Waals surface area contributed by atoms with E-state index in [2.05, 4.69) is 37.9 Å². The van der Waals surface area contributed by atoms with Crippen molar-refractivity contribution in [2.45, 2.75) is 64.5 Å². The normalized spacial score (nSPS) is 41.7. The molecule has 0 spiro atoms. The van der Waals surface area contributed by atoms with Crippen LogP contribution in [0.3, 0.4) is 0 Å². The summed E-state index contributed by atoms with van der Waals surface area (Å²) in [6.45, 7) is 8.78. The van der Waals surface area contributed by atoms with Gasteiger partial charge < -0.3 is 0 Å². The van der Waals surface area contributed by atoms with Crippen LogP contribution in [0.5, 0.6) is 0 Å². The predicted molar refractivity (Wildman–Crippen MR) is 51.5 cm³/mol. The summed E-state index contributed by atoms with van der Waals surface area (Å²) in [5.74, 6) is 0. The zero-order chi connectivity index (χ0) is 9.24. The second-order valence-corrected chi connectivity index (χ2v) is 4.40. The second kappa shape index (κ2) is 3.15. The summed E-state index contributed by atoms with van der Waals surface area (Å²) in [7, 11) is 0. The van der Waals surface area contributed by atoms with E-state index in [1.54, 1.807) is 0 Å². The first kappa shape index (κ1) is 9.69. The Bertz CT molecular complexity index is 168. The summed E-state index contributed by atoms with van der Waals surface area (Å²) in [5, 5.41) is 8.86. The predicted octanol–water partition coefficient (Wildman–Crippen LogP) is 3.57. The van der Waals surface area contributed by atoms with Gasteiger partial charge in [0.1, 0.15) is 0 Å². The Labute approximate surface area is 75.5 Å². The number of hydrogen-bond acceptors (Lipinski definition) is 2. The highest BCUT2D eigenvalue weighted by Gasteiger charge is 2.33. The highest BCUT2D eigenvalue weighted by atomic mass is 15.2. The van der Waals surface area contributed by atoms with Crippen molar-refractivity contribution in [3.8, 4) is 0 Å². The van der Waals surface area contributed by atoms with E-state index in [1.165, 1.54) is 12.8 Å². The van der Waals surface area contributed by atoms with Gasteiger partial charge in [0.2, 0.25) is 0 Å². The van der Waals surface area contributed by atoms with E-state index in [0.29, 0.717) is 0 Å². The SMILES string of the molecule is CC[C@]1(C)CC[C@@](C)(CC)N=N1. The Morgan fingerprint density at radius 1 is 0.917 bits per heavy atom. The van der Waals surface area contributed by atoms with Gasteiger partial charge in [-0.3, -0.25) is 0 Å². The molecule has 0 aliphatic carbocycles. The quantitative estimate of drug-likeness (QED) is 0.602. The fourth-order valence-electron chi connectivity index (χ4n) is 1.37. The molecule has 0 saturated heterocycles. The largest absolute Gasteiger partial charge is 0.187 e. The van der Waals surface area contributed by atoms with Gasteiger partial charge in [0, 0.05) is 0 Å². The topological polar surface area (TPSA) is 24.7 Å². The molecule has 0 radical (unpaired) electrons. The molecule has 0 bridgehead atoms. The van der Waals surface area contributed by atoms with Gasteiger partial charge in [-0.15, -0.1) is 0 Å². The van der Waals surface area contributed by atoms with Gasteiger partial charge in [-0.05, 0) is 39.5 Å². The molecule has 0 aromatic rings. The molecule has 2 nitrogen and oxygen atoms in total. The smallest absolute Gasteiger partial charge is 0.0786 e. The fraction of sp³-hybridized carbons (Fsp3) is 1.00. The molecule has 0 aromatic heterocycles. The number of rotatable bonds is 2. The van der Waals surface area contributed by atoms with E-state index in [0.717, 1.165) is 12.8 Å². The molecule has 1 rings (SSSR count). The highest BCUT2D eigenvalue weighted by Crippen LogP contribution is 2.35. The van der Waals surface area contributed by atoms with Gasteiger partial charge in [0.25, 0.3) is 0 Å². The summed E-state index contributed by atoms with van der Waals surface area (Å²) in [6, 6.07) is 0. The van der Waals surface area contributed by atoms with Crippen molar-refractivity contribution in [2.24, 2.45) is 10.2 Å². The molecule has 0 aromatic carbocycles. The first-order chi connectivity index (χ1) is 5.54. The Balaban J connectivity index is 2.70. The van der Waals surface area contributed by atoms with Crippen LogP contribution in [0.2, 0.25) is 0 Å². The zero-order valence-electron chi connectivity index (χ0n) is 8.72. The van der Waals surface area contributed by atoms with Crippen LogP contribution < -0.4 is 0 Å². The van der Waals surface area contributed by atoms with Crippen LogP contribution in [0.15, 0.2) is 10.2 Å². The average Bonchev–Trinajstić information content (AvgIpc) is 2.11. The molecule has 2 atom stereocenters. The lowest BCUT2D eigenvalue weighted by molar-refractivity contribution is 0.254. The maximum atomic E-state index is 4.43. The summed E-state index contributed by atoms with van der Waals surface area (Å²) in [5.41, 5.74) is 0.267. The first-order valence-electron chi connectivity index (χ1n) is 4.98. The van der Waals surface area contributed by atoms with Crippen molar-refractivity contribution in [3.63, 3.8) is 0 Å². The van der Waals surface area contributed by atoms with Crippen molar-refractivity contribution < 1.29 is 0 Å². The zero-order valence-corrected chi connectivity index (χ0v) is 8.72. The van der Waals surface area contributed by atoms with Gasteiger partial charge in [-0.1, -0.05) is 13.8 Å². The lowest BCUT2D eigenvalue weighted by Crippen LogP contribution is -2.33. The van der Waals surface area contributed by atoms with E-state index in [-0.39, 0.29) is 11.1 Å². The van der Waals surface area contributed by atoms with Crippen molar-refractivity contribution in [3.05, 3.63) is 0 Å². The van der Waals surface area contributed by atoms with Crippen molar-refractivity contribution in [1.82, 2.24) is 0 Å². The van der Waals surface area contributed by atoms with E-state index in [1.807, 2.05) is 0 Å². The maximum Gasteiger partial charge on any atom is 0.0786 e. The van der Waals surface area contributed by atoms with Crippen LogP contribution in [0.25, 0.3) is 0 Å². The van der Waals surface area contributed by atoms with Crippen LogP contribution in [0.1, 0.15) is 53.4 Å². The van der Waals surface area contributed by atoms with Gasteiger partial charge in [0.15, 0.2) is 0 Å². The van der Waals surface area contributed by atoms with Crippen LogP contribution in [0, 0.1) is 0 Å². The monoisotopic (exact) mass is 168 g/mol. The average molecular weight is 168 g/mol. The minimum Gasteiger partial charge on any atom is -0.187 e. The molecule has 0 saturated carbocycles.